The molecule has 1 atom stereocenters. The van der Waals surface area contributed by atoms with Gasteiger partial charge in [0.15, 0.2) is 0 Å². The van der Waals surface area contributed by atoms with Crippen molar-refractivity contribution >= 4 is 40.8 Å². The van der Waals surface area contributed by atoms with Gasteiger partial charge in [0.05, 0.1) is 12.0 Å². The summed E-state index contributed by atoms with van der Waals surface area (Å²) in [5.41, 5.74) is 3.31. The number of ether oxygens (including phenoxy) is 1. The van der Waals surface area contributed by atoms with Gasteiger partial charge in [-0.25, -0.2) is 0 Å². The average Bonchev–Trinajstić information content (AvgIpc) is 3.24. The van der Waals surface area contributed by atoms with Gasteiger partial charge in [-0.1, -0.05) is 54.6 Å². The van der Waals surface area contributed by atoms with Crippen molar-refractivity contribution in [3.63, 3.8) is 0 Å². The maximum Gasteiger partial charge on any atom is 0.293 e. The minimum absolute atomic E-state index is 0.0340. The van der Waals surface area contributed by atoms with Gasteiger partial charge in [-0.05, 0) is 58.8 Å². The highest BCUT2D eigenvalue weighted by Crippen LogP contribution is 2.32. The fourth-order valence-corrected chi connectivity index (χ4v) is 5.54. The van der Waals surface area contributed by atoms with E-state index in [1.54, 1.807) is 66.6 Å². The number of rotatable bonds is 7. The Kier molecular flexibility index (Phi) is 7.79. The van der Waals surface area contributed by atoms with E-state index in [1.807, 2.05) is 30.3 Å². The summed E-state index contributed by atoms with van der Waals surface area (Å²) in [4.78, 5) is 55.1. The first-order valence-corrected chi connectivity index (χ1v) is 13.4. The number of carbonyl (C=O) groups is 4. The zero-order valence-corrected chi connectivity index (χ0v) is 22.1. The molecule has 1 fully saturated rings. The summed E-state index contributed by atoms with van der Waals surface area (Å²) in [7, 11) is 1.57. The van der Waals surface area contributed by atoms with E-state index < -0.39 is 11.9 Å². The third-order valence-corrected chi connectivity index (χ3v) is 7.66. The molecule has 39 heavy (non-hydrogen) atoms. The van der Waals surface area contributed by atoms with Gasteiger partial charge in [-0.15, -0.1) is 0 Å². The maximum absolute atomic E-state index is 13.3. The second-order valence-electron chi connectivity index (χ2n) is 9.19. The molecule has 9 heteroatoms. The highest BCUT2D eigenvalue weighted by molar-refractivity contribution is 8.18. The third-order valence-electron chi connectivity index (χ3n) is 6.75. The van der Waals surface area contributed by atoms with Crippen LogP contribution in [-0.4, -0.2) is 59.0 Å². The van der Waals surface area contributed by atoms with E-state index in [2.05, 4.69) is 5.32 Å². The number of fused-ring (bicyclic) bond motifs is 1. The lowest BCUT2D eigenvalue weighted by Crippen LogP contribution is -2.53. The summed E-state index contributed by atoms with van der Waals surface area (Å²) in [6.45, 7) is 0.436. The standard InChI is InChI=1S/C30H27N3O5S/c1-38-24-13-11-20(12-14-24)17-26-29(36)32(30(37)39-26)16-15-31-27(34)25-18-22-9-5-6-10-23(22)19-33(25)28(35)21-7-3-2-4-8-21/h2-14,17,25H,15-16,18-19H2,1H3,(H,31,34)/b26-17+. The molecule has 2 heterocycles. The molecular formula is C30H27N3O5S. The molecule has 0 radical (unpaired) electrons. The van der Waals surface area contributed by atoms with Crippen LogP contribution in [0.1, 0.15) is 27.0 Å². The lowest BCUT2D eigenvalue weighted by molar-refractivity contribution is -0.127. The first kappa shape index (κ1) is 26.2. The number of hydrogen-bond acceptors (Lipinski definition) is 6. The van der Waals surface area contributed by atoms with Crippen LogP contribution in [-0.2, 0) is 22.6 Å². The number of nitrogens with one attached hydrogen (secondary N) is 1. The monoisotopic (exact) mass is 541 g/mol. The largest absolute Gasteiger partial charge is 0.497 e. The number of hydrogen-bond donors (Lipinski definition) is 1. The molecule has 2 aliphatic heterocycles. The minimum Gasteiger partial charge on any atom is -0.497 e. The van der Waals surface area contributed by atoms with Gasteiger partial charge in [0.2, 0.25) is 5.91 Å². The predicted molar refractivity (Wildman–Crippen MR) is 149 cm³/mol. The summed E-state index contributed by atoms with van der Waals surface area (Å²) < 4.78 is 5.15. The first-order valence-electron chi connectivity index (χ1n) is 12.5. The molecule has 198 valence electrons. The second-order valence-corrected chi connectivity index (χ2v) is 10.2. The molecule has 4 amide bonds. The van der Waals surface area contributed by atoms with Crippen LogP contribution in [0.3, 0.4) is 0 Å². The minimum atomic E-state index is -0.711. The Morgan fingerprint density at radius 3 is 2.38 bits per heavy atom. The Morgan fingerprint density at radius 2 is 1.67 bits per heavy atom. The van der Waals surface area contributed by atoms with Crippen molar-refractivity contribution in [1.29, 1.82) is 0 Å². The number of carbonyl (C=O) groups excluding carboxylic acids is 4. The number of nitrogens with zero attached hydrogens (tertiary/aromatic N) is 2. The Hall–Kier alpha value is -4.37. The van der Waals surface area contributed by atoms with Crippen LogP contribution in [0.15, 0.2) is 83.8 Å². The van der Waals surface area contributed by atoms with Gasteiger partial charge >= 0.3 is 0 Å². The molecule has 0 spiro atoms. The zero-order chi connectivity index (χ0) is 27.4. The van der Waals surface area contributed by atoms with E-state index in [-0.39, 0.29) is 30.1 Å². The van der Waals surface area contributed by atoms with Crippen molar-refractivity contribution in [3.8, 4) is 5.75 Å². The molecule has 8 nitrogen and oxygen atoms in total. The lowest BCUT2D eigenvalue weighted by atomic mass is 9.92. The number of amides is 4. The van der Waals surface area contributed by atoms with Gasteiger partial charge in [0.25, 0.3) is 17.1 Å². The Morgan fingerprint density at radius 1 is 0.974 bits per heavy atom. The molecule has 1 N–H and O–H groups in total. The van der Waals surface area contributed by atoms with Gasteiger partial charge in [0.1, 0.15) is 11.8 Å². The van der Waals surface area contributed by atoms with Crippen LogP contribution < -0.4 is 10.1 Å². The molecule has 2 aliphatic rings. The molecular weight excluding hydrogens is 514 g/mol. The number of benzene rings is 3. The van der Waals surface area contributed by atoms with Crippen LogP contribution in [0, 0.1) is 0 Å². The smallest absolute Gasteiger partial charge is 0.293 e. The molecule has 3 aromatic carbocycles. The van der Waals surface area contributed by atoms with Crippen LogP contribution in [0.2, 0.25) is 0 Å². The first-order chi connectivity index (χ1) is 18.9. The molecule has 0 aromatic heterocycles. The molecule has 0 saturated carbocycles. The average molecular weight is 542 g/mol. The summed E-state index contributed by atoms with van der Waals surface area (Å²) in [6.07, 6.45) is 2.04. The highest BCUT2D eigenvalue weighted by Gasteiger charge is 2.37. The molecule has 0 aliphatic carbocycles. The quantitative estimate of drug-likeness (QED) is 0.452. The van der Waals surface area contributed by atoms with Gasteiger partial charge in [0, 0.05) is 31.6 Å². The summed E-state index contributed by atoms with van der Waals surface area (Å²) >= 11 is 0.869. The van der Waals surface area contributed by atoms with E-state index in [0.717, 1.165) is 33.4 Å². The fraction of sp³-hybridized carbons (Fsp3) is 0.200. The Bertz CT molecular complexity index is 1440. The van der Waals surface area contributed by atoms with Crippen molar-refractivity contribution in [2.75, 3.05) is 20.2 Å². The molecule has 0 bridgehead atoms. The Labute approximate surface area is 230 Å². The SMILES string of the molecule is COc1ccc(/C=C2/SC(=O)N(CCNC(=O)C3Cc4ccccc4CN3C(=O)c3ccccc3)C2=O)cc1. The zero-order valence-electron chi connectivity index (χ0n) is 21.3. The third kappa shape index (κ3) is 5.73. The summed E-state index contributed by atoms with van der Waals surface area (Å²) in [5.74, 6) is -0.251. The van der Waals surface area contributed by atoms with Gasteiger partial charge in [-0.3, -0.25) is 24.1 Å². The topological polar surface area (TPSA) is 96.0 Å². The number of methoxy groups -OCH3 is 1. The van der Waals surface area contributed by atoms with Crippen molar-refractivity contribution in [1.82, 2.24) is 15.1 Å². The van der Waals surface area contributed by atoms with Crippen molar-refractivity contribution < 1.29 is 23.9 Å². The van der Waals surface area contributed by atoms with Gasteiger partial charge in [-0.2, -0.15) is 0 Å². The maximum atomic E-state index is 13.3. The van der Waals surface area contributed by atoms with E-state index in [1.165, 1.54) is 0 Å². The number of imide groups is 1. The van der Waals surface area contributed by atoms with E-state index >= 15 is 0 Å². The van der Waals surface area contributed by atoms with Crippen LogP contribution in [0.4, 0.5) is 4.79 Å². The van der Waals surface area contributed by atoms with Crippen molar-refractivity contribution in [3.05, 3.63) is 106 Å². The van der Waals surface area contributed by atoms with E-state index in [9.17, 15) is 19.2 Å². The van der Waals surface area contributed by atoms with Crippen molar-refractivity contribution in [2.24, 2.45) is 0 Å². The molecule has 1 unspecified atom stereocenters. The predicted octanol–water partition coefficient (Wildman–Crippen LogP) is 4.12. The van der Waals surface area contributed by atoms with Crippen LogP contribution in [0.5, 0.6) is 5.75 Å². The normalized spacial score (nSPS) is 17.8. The Balaban J connectivity index is 1.24. The highest BCUT2D eigenvalue weighted by atomic mass is 32.2. The van der Waals surface area contributed by atoms with Crippen LogP contribution in [0.25, 0.3) is 6.08 Å². The van der Waals surface area contributed by atoms with Gasteiger partial charge < -0.3 is 15.0 Å². The summed E-state index contributed by atoms with van der Waals surface area (Å²) in [5, 5.41) is 2.46. The summed E-state index contributed by atoms with van der Waals surface area (Å²) in [6, 6.07) is 23.1. The molecule has 5 rings (SSSR count). The fourth-order valence-electron chi connectivity index (χ4n) is 4.67. The lowest BCUT2D eigenvalue weighted by Gasteiger charge is -2.36. The molecule has 1 saturated heterocycles. The van der Waals surface area contributed by atoms with E-state index in [0.29, 0.717) is 29.2 Å². The molecule has 3 aromatic rings. The van der Waals surface area contributed by atoms with Crippen LogP contribution >= 0.6 is 11.8 Å². The number of thioether (sulfide) groups is 1. The second kappa shape index (κ2) is 11.6. The van der Waals surface area contributed by atoms with Crippen molar-refractivity contribution in [2.45, 2.75) is 19.0 Å². The van der Waals surface area contributed by atoms with E-state index in [4.69, 9.17) is 4.74 Å².